The van der Waals surface area contributed by atoms with Gasteiger partial charge in [0.25, 0.3) is 0 Å². The van der Waals surface area contributed by atoms with Crippen LogP contribution in [0.25, 0.3) is 34.0 Å². The molecule has 2 aromatic heterocycles. The fourth-order valence-electron chi connectivity index (χ4n) is 10.8. The largest absolute Gasteiger partial charge is 0.488 e. The van der Waals surface area contributed by atoms with Crippen LogP contribution < -0.4 is 4.74 Å². The Bertz CT molecular complexity index is 3070. The molecule has 2 unspecified atom stereocenters. The van der Waals surface area contributed by atoms with E-state index in [-0.39, 0.29) is 0 Å². The number of hydrogen-bond acceptors (Lipinski definition) is 3. The Balaban J connectivity index is 0.000000177. The molecule has 0 saturated heterocycles. The summed E-state index contributed by atoms with van der Waals surface area (Å²) in [6.07, 6.45) is 10.2. The van der Waals surface area contributed by atoms with Crippen LogP contribution in [-0.2, 0) is 44.7 Å². The molecule has 2 N–H and O–H groups in total. The molecule has 63 heavy (non-hydrogen) atoms. The van der Waals surface area contributed by atoms with E-state index in [1.807, 2.05) is 32.0 Å². The number of benzene rings is 5. The van der Waals surface area contributed by atoms with Gasteiger partial charge in [-0.3, -0.25) is 0 Å². The number of aliphatic hydroxyl groups is 2. The minimum absolute atomic E-state index is 0.458. The van der Waals surface area contributed by atoms with Gasteiger partial charge in [0, 0.05) is 42.8 Å². The third-order valence-corrected chi connectivity index (χ3v) is 15.5. The zero-order chi connectivity index (χ0) is 45.6. The number of aryl methyl sites for hydroxylation is 6. The van der Waals surface area contributed by atoms with Gasteiger partial charge in [-0.1, -0.05) is 54.6 Å². The molecule has 0 radical (unpaired) electrons. The first kappa shape index (κ1) is 44.0. The Morgan fingerprint density at radius 1 is 0.524 bits per heavy atom. The smallest absolute Gasteiger partial charge is 0.130 e. The molecule has 0 saturated carbocycles. The van der Waals surface area contributed by atoms with Gasteiger partial charge in [0.1, 0.15) is 23.6 Å². The van der Waals surface area contributed by atoms with Crippen LogP contribution in [-0.4, -0.2) is 19.3 Å². The lowest BCUT2D eigenvalue weighted by molar-refractivity contribution is 0.0935. The molecule has 5 aromatic carbocycles. The van der Waals surface area contributed by atoms with Gasteiger partial charge < -0.3 is 24.1 Å². The van der Waals surface area contributed by atoms with Gasteiger partial charge in [-0.15, -0.1) is 0 Å². The van der Waals surface area contributed by atoms with Crippen molar-refractivity contribution in [2.45, 2.75) is 121 Å². The van der Waals surface area contributed by atoms with Crippen molar-refractivity contribution in [2.75, 3.05) is 0 Å². The quantitative estimate of drug-likeness (QED) is 0.168. The third kappa shape index (κ3) is 7.09. The maximum atomic E-state index is 12.3. The van der Waals surface area contributed by atoms with E-state index in [9.17, 15) is 10.2 Å². The van der Waals surface area contributed by atoms with Crippen molar-refractivity contribution in [3.8, 4) is 5.75 Å². The summed E-state index contributed by atoms with van der Waals surface area (Å²) in [6, 6.07) is 19.1. The molecule has 5 heteroatoms. The highest BCUT2D eigenvalue weighted by Crippen LogP contribution is 2.49. The molecule has 0 spiro atoms. The zero-order valence-corrected chi connectivity index (χ0v) is 40.3. The van der Waals surface area contributed by atoms with E-state index < -0.39 is 11.2 Å². The molecule has 0 bridgehead atoms. The number of fused-ring (bicyclic) bond motifs is 4. The molecule has 5 nitrogen and oxygen atoms in total. The van der Waals surface area contributed by atoms with Crippen molar-refractivity contribution in [3.05, 3.63) is 178 Å². The van der Waals surface area contributed by atoms with Gasteiger partial charge in [0.2, 0.25) is 0 Å². The second-order valence-electron chi connectivity index (χ2n) is 19.2. The molecule has 0 aliphatic heterocycles. The molecule has 0 amide bonds. The van der Waals surface area contributed by atoms with Crippen molar-refractivity contribution in [2.24, 2.45) is 14.1 Å². The molecule has 0 fully saturated rings. The number of ether oxygens (including phenoxy) is 1. The standard InChI is InChI=1S/C32H35NO2.C26H31NO/c1-19-15-25-16-26(17-28(25)21(3)20(19)2)32(6,34)29-27-13-14-33(7)30(27)22(4)23(5)31(29)35-18-24-11-9-8-10-12-24;1-14-11-20-12-21(13-23(20)17(4)15(14)2)26(7,28)24-18(5)16(3)19(6)25-22(24)9-10-27(25)8/h8-15,17,34H,16,18H2,1-7H3;9-11,13,28H,12H2,1-8H3. The lowest BCUT2D eigenvalue weighted by Gasteiger charge is -2.31. The fraction of sp³-hybridized carbons (Fsp3) is 0.345. The van der Waals surface area contributed by atoms with Crippen molar-refractivity contribution < 1.29 is 14.9 Å². The number of hydrogen-bond donors (Lipinski definition) is 2. The van der Waals surface area contributed by atoms with Gasteiger partial charge in [0.15, 0.2) is 0 Å². The average Bonchev–Trinajstić information content (AvgIpc) is 4.05. The molecule has 2 atom stereocenters. The Hall–Kier alpha value is -5.62. The molecular weight excluding hydrogens is 773 g/mol. The predicted octanol–water partition coefficient (Wildman–Crippen LogP) is 13.0. The van der Waals surface area contributed by atoms with Crippen molar-refractivity contribution >= 4 is 34.0 Å². The first-order valence-electron chi connectivity index (χ1n) is 22.5. The minimum atomic E-state index is -1.18. The maximum Gasteiger partial charge on any atom is 0.130 e. The average molecular weight is 839 g/mol. The molecule has 2 aliphatic rings. The van der Waals surface area contributed by atoms with Gasteiger partial charge in [-0.2, -0.15) is 0 Å². The van der Waals surface area contributed by atoms with Crippen LogP contribution >= 0.6 is 0 Å². The molecule has 9 rings (SSSR count). The van der Waals surface area contributed by atoms with E-state index in [0.717, 1.165) is 68.3 Å². The lowest BCUT2D eigenvalue weighted by Crippen LogP contribution is -2.26. The molecule has 2 heterocycles. The summed E-state index contributed by atoms with van der Waals surface area (Å²) in [7, 11) is 4.15. The van der Waals surface area contributed by atoms with E-state index in [1.54, 1.807) is 0 Å². The van der Waals surface area contributed by atoms with Crippen LogP contribution in [0.1, 0.15) is 114 Å². The Morgan fingerprint density at radius 3 is 1.46 bits per heavy atom. The Morgan fingerprint density at radius 2 is 0.968 bits per heavy atom. The van der Waals surface area contributed by atoms with Crippen molar-refractivity contribution in [3.63, 3.8) is 0 Å². The topological polar surface area (TPSA) is 59.6 Å². The molecule has 2 aliphatic carbocycles. The highest BCUT2D eigenvalue weighted by Gasteiger charge is 2.39. The van der Waals surface area contributed by atoms with E-state index in [2.05, 4.69) is 160 Å². The second-order valence-corrected chi connectivity index (χ2v) is 19.2. The lowest BCUT2D eigenvalue weighted by atomic mass is 9.80. The zero-order valence-electron chi connectivity index (χ0n) is 40.3. The van der Waals surface area contributed by atoms with E-state index >= 15 is 0 Å². The molecule has 7 aromatic rings. The second kappa shape index (κ2) is 15.9. The van der Waals surface area contributed by atoms with Crippen LogP contribution in [0.15, 0.2) is 78.1 Å². The van der Waals surface area contributed by atoms with Gasteiger partial charge >= 0.3 is 0 Å². The van der Waals surface area contributed by atoms with Crippen LogP contribution in [0, 0.1) is 76.2 Å². The summed E-state index contributed by atoms with van der Waals surface area (Å²) in [6.45, 7) is 28.2. The highest BCUT2D eigenvalue weighted by molar-refractivity contribution is 5.93. The SMILES string of the molecule is Cc1cc2c(c(C)c1C)C=C(C(C)(O)c1c(C)c(C)c(C)c3c1ccn3C)C2.Cc1cc2c(c(C)c1C)C=C(C(C)(O)c1c(OCc3ccccc3)c(C)c(C)c3c1ccn3C)C2. The molecular formula is C58H66N2O3. The van der Waals surface area contributed by atoms with Gasteiger partial charge in [-0.05, 0) is 221 Å². The number of rotatable bonds is 7. The first-order chi connectivity index (χ1) is 29.7. The predicted molar refractivity (Wildman–Crippen MR) is 264 cm³/mol. The normalized spacial score (nSPS) is 15.1. The summed E-state index contributed by atoms with van der Waals surface area (Å²) in [5, 5.41) is 26.5. The van der Waals surface area contributed by atoms with E-state index in [1.165, 1.54) is 83.4 Å². The van der Waals surface area contributed by atoms with Crippen LogP contribution in [0.5, 0.6) is 5.75 Å². The highest BCUT2D eigenvalue weighted by atomic mass is 16.5. The van der Waals surface area contributed by atoms with Crippen LogP contribution in [0.3, 0.4) is 0 Å². The van der Waals surface area contributed by atoms with Crippen LogP contribution in [0.4, 0.5) is 0 Å². The number of nitrogens with zero attached hydrogens (tertiary/aromatic N) is 2. The monoisotopic (exact) mass is 839 g/mol. The third-order valence-electron chi connectivity index (χ3n) is 15.5. The number of aromatic nitrogens is 2. The first-order valence-corrected chi connectivity index (χ1v) is 22.5. The fourth-order valence-corrected chi connectivity index (χ4v) is 10.8. The summed E-state index contributed by atoms with van der Waals surface area (Å²) in [5.74, 6) is 0.788. The Kier molecular flexibility index (Phi) is 11.1. The molecule has 326 valence electrons. The summed E-state index contributed by atoms with van der Waals surface area (Å²) >= 11 is 0. The van der Waals surface area contributed by atoms with E-state index in [4.69, 9.17) is 4.74 Å². The summed E-state index contributed by atoms with van der Waals surface area (Å²) in [4.78, 5) is 0. The Labute approximate surface area is 375 Å². The summed E-state index contributed by atoms with van der Waals surface area (Å²) < 4.78 is 10.9. The minimum Gasteiger partial charge on any atom is -0.488 e. The summed E-state index contributed by atoms with van der Waals surface area (Å²) in [5.41, 5.74) is 24.4. The van der Waals surface area contributed by atoms with Gasteiger partial charge in [0.05, 0.1) is 11.0 Å². The van der Waals surface area contributed by atoms with Crippen molar-refractivity contribution in [1.29, 1.82) is 0 Å². The van der Waals surface area contributed by atoms with Crippen LogP contribution in [0.2, 0.25) is 0 Å². The van der Waals surface area contributed by atoms with E-state index in [0.29, 0.717) is 6.61 Å². The van der Waals surface area contributed by atoms with Gasteiger partial charge in [-0.25, -0.2) is 0 Å². The van der Waals surface area contributed by atoms with Crippen molar-refractivity contribution in [1.82, 2.24) is 9.13 Å². The maximum absolute atomic E-state index is 12.3.